The van der Waals surface area contributed by atoms with Gasteiger partial charge in [0.15, 0.2) is 6.29 Å². The zero-order chi connectivity index (χ0) is 16.2. The van der Waals surface area contributed by atoms with Crippen molar-refractivity contribution in [2.24, 2.45) is 4.99 Å². The molecule has 1 aliphatic heterocycles. The number of allylic oxidation sites excluding steroid dienone is 1. The normalized spacial score (nSPS) is 18.4. The molecule has 0 radical (unpaired) electrons. The van der Waals surface area contributed by atoms with Crippen LogP contribution in [0.5, 0.6) is 0 Å². The van der Waals surface area contributed by atoms with Crippen molar-refractivity contribution < 1.29 is 28.2 Å². The molecule has 2 rings (SSSR count). The Hall–Kier alpha value is -2.25. The maximum atomic E-state index is 12.0. The van der Waals surface area contributed by atoms with Crippen molar-refractivity contribution in [3.8, 4) is 0 Å². The molecule has 0 amide bonds. The molecular formula is C15H17NO6. The number of carbonyl (C=O) groups is 2. The molecule has 0 saturated carbocycles. The zero-order valence-corrected chi connectivity index (χ0v) is 12.6. The molecule has 7 nitrogen and oxygen atoms in total. The Kier molecular flexibility index (Phi) is 4.89. The summed E-state index contributed by atoms with van der Waals surface area (Å²) in [7, 11) is 3.88. The van der Waals surface area contributed by atoms with E-state index in [1.165, 1.54) is 27.6 Å². The fourth-order valence-electron chi connectivity index (χ4n) is 2.29. The highest BCUT2D eigenvalue weighted by atomic mass is 16.7. The topological polar surface area (TPSA) is 87.3 Å². The Morgan fingerprint density at radius 2 is 2.14 bits per heavy atom. The van der Waals surface area contributed by atoms with E-state index in [0.717, 1.165) is 0 Å². The van der Waals surface area contributed by atoms with Gasteiger partial charge in [-0.15, -0.1) is 0 Å². The van der Waals surface area contributed by atoms with E-state index >= 15 is 0 Å². The lowest BCUT2D eigenvalue weighted by molar-refractivity contribution is -0.201. The minimum absolute atomic E-state index is 0.202. The molecule has 2 heterocycles. The van der Waals surface area contributed by atoms with Gasteiger partial charge in [0.25, 0.3) is 5.79 Å². The van der Waals surface area contributed by atoms with E-state index < -0.39 is 17.8 Å². The first-order valence-electron chi connectivity index (χ1n) is 6.57. The van der Waals surface area contributed by atoms with Crippen LogP contribution in [0.25, 0.3) is 0 Å². The van der Waals surface area contributed by atoms with Gasteiger partial charge in [-0.3, -0.25) is 9.79 Å². The molecule has 1 atom stereocenters. The number of hydrogen-bond donors (Lipinski definition) is 0. The van der Waals surface area contributed by atoms with Gasteiger partial charge in [-0.25, -0.2) is 4.79 Å². The Morgan fingerprint density at radius 1 is 1.41 bits per heavy atom. The lowest BCUT2D eigenvalue weighted by Gasteiger charge is -2.33. The van der Waals surface area contributed by atoms with Gasteiger partial charge < -0.3 is 18.6 Å². The van der Waals surface area contributed by atoms with E-state index in [-0.39, 0.29) is 5.57 Å². The van der Waals surface area contributed by atoms with Crippen LogP contribution in [0, 0.1) is 0 Å². The fourth-order valence-corrected chi connectivity index (χ4v) is 2.29. The van der Waals surface area contributed by atoms with Crippen LogP contribution in [0.4, 0.5) is 0 Å². The summed E-state index contributed by atoms with van der Waals surface area (Å²) in [6, 6.07) is 2.49. The zero-order valence-electron chi connectivity index (χ0n) is 12.6. The lowest BCUT2D eigenvalue weighted by atomic mass is 9.94. The monoisotopic (exact) mass is 307 g/mol. The van der Waals surface area contributed by atoms with Crippen molar-refractivity contribution in [2.75, 3.05) is 21.3 Å². The second-order valence-electron chi connectivity index (χ2n) is 4.56. The van der Waals surface area contributed by atoms with Crippen LogP contribution in [0.3, 0.4) is 0 Å². The molecule has 118 valence electrons. The van der Waals surface area contributed by atoms with Crippen molar-refractivity contribution in [2.45, 2.75) is 18.2 Å². The number of dihydropyridines is 1. The summed E-state index contributed by atoms with van der Waals surface area (Å²) in [4.78, 5) is 27.9. The molecule has 1 aliphatic rings. The van der Waals surface area contributed by atoms with E-state index in [1.807, 2.05) is 0 Å². The van der Waals surface area contributed by atoms with Gasteiger partial charge in [-0.2, -0.15) is 0 Å². The lowest BCUT2D eigenvalue weighted by Crippen LogP contribution is -2.50. The number of methoxy groups -OCH3 is 3. The van der Waals surface area contributed by atoms with Gasteiger partial charge in [0, 0.05) is 20.6 Å². The Balaban J connectivity index is 2.48. The molecular weight excluding hydrogens is 290 g/mol. The van der Waals surface area contributed by atoms with Gasteiger partial charge in [-0.05, 0) is 12.1 Å². The summed E-state index contributed by atoms with van der Waals surface area (Å²) >= 11 is 0. The molecule has 0 bridgehead atoms. The van der Waals surface area contributed by atoms with Crippen LogP contribution in [-0.4, -0.2) is 51.1 Å². The quantitative estimate of drug-likeness (QED) is 0.445. The minimum Gasteiger partial charge on any atom is -0.466 e. The Bertz CT molecular complexity index is 598. The van der Waals surface area contributed by atoms with Crippen LogP contribution < -0.4 is 0 Å². The van der Waals surface area contributed by atoms with Crippen LogP contribution >= 0.6 is 0 Å². The van der Waals surface area contributed by atoms with Crippen molar-refractivity contribution in [1.29, 1.82) is 0 Å². The van der Waals surface area contributed by atoms with E-state index in [0.29, 0.717) is 24.2 Å². The molecule has 0 aliphatic carbocycles. The molecule has 22 heavy (non-hydrogen) atoms. The van der Waals surface area contributed by atoms with Crippen LogP contribution in [0.15, 0.2) is 39.5 Å². The van der Waals surface area contributed by atoms with Gasteiger partial charge >= 0.3 is 5.97 Å². The van der Waals surface area contributed by atoms with E-state index in [4.69, 9.17) is 18.6 Å². The Labute approximate surface area is 127 Å². The average Bonchev–Trinajstić information content (AvgIpc) is 3.11. The maximum Gasteiger partial charge on any atom is 0.335 e. The largest absolute Gasteiger partial charge is 0.466 e. The van der Waals surface area contributed by atoms with Crippen molar-refractivity contribution >= 4 is 18.0 Å². The summed E-state index contributed by atoms with van der Waals surface area (Å²) in [6.45, 7) is 0. The van der Waals surface area contributed by atoms with Crippen LogP contribution in [-0.2, 0) is 23.8 Å². The van der Waals surface area contributed by atoms with Crippen LogP contribution in [0.2, 0.25) is 0 Å². The number of nitrogens with zero attached hydrogens (tertiary/aromatic N) is 1. The number of aliphatic imine (C=N–C) groups is 1. The van der Waals surface area contributed by atoms with Gasteiger partial charge in [0.1, 0.15) is 11.8 Å². The summed E-state index contributed by atoms with van der Waals surface area (Å²) in [5, 5.41) is 0. The Morgan fingerprint density at radius 3 is 2.64 bits per heavy atom. The van der Waals surface area contributed by atoms with Crippen molar-refractivity contribution in [3.05, 3.63) is 35.8 Å². The predicted octanol–water partition coefficient (Wildman–Crippen LogP) is 1.13. The summed E-state index contributed by atoms with van der Waals surface area (Å²) in [6.07, 6.45) is 4.00. The molecule has 1 aromatic heterocycles. The first kappa shape index (κ1) is 16.1. The van der Waals surface area contributed by atoms with Gasteiger partial charge in [0.2, 0.25) is 0 Å². The SMILES string of the molecule is COC(=O)C1=CCC(c2ccco2)=NC1C(C=O)(OC)OC. The number of rotatable bonds is 6. The van der Waals surface area contributed by atoms with Crippen LogP contribution in [0.1, 0.15) is 12.2 Å². The molecule has 0 spiro atoms. The smallest absolute Gasteiger partial charge is 0.335 e. The van der Waals surface area contributed by atoms with Gasteiger partial charge in [0.05, 0.1) is 24.7 Å². The molecule has 1 unspecified atom stereocenters. The highest BCUT2D eigenvalue weighted by molar-refractivity contribution is 6.03. The third kappa shape index (κ3) is 2.72. The van der Waals surface area contributed by atoms with E-state index in [2.05, 4.69) is 4.99 Å². The minimum atomic E-state index is -1.71. The highest BCUT2D eigenvalue weighted by Crippen LogP contribution is 2.29. The van der Waals surface area contributed by atoms with Crippen molar-refractivity contribution in [1.82, 2.24) is 0 Å². The third-order valence-electron chi connectivity index (χ3n) is 3.51. The van der Waals surface area contributed by atoms with E-state index in [1.54, 1.807) is 18.2 Å². The number of furan rings is 1. The summed E-state index contributed by atoms with van der Waals surface area (Å²) in [5.41, 5.74) is 0.789. The second-order valence-corrected chi connectivity index (χ2v) is 4.56. The molecule has 0 fully saturated rings. The van der Waals surface area contributed by atoms with Gasteiger partial charge in [-0.1, -0.05) is 6.08 Å². The number of hydrogen-bond acceptors (Lipinski definition) is 7. The standard InChI is InChI=1S/C15H17NO6/c1-19-14(18)10-6-7-11(12-5-4-8-22-12)16-13(10)15(9-17,20-2)21-3/h4-6,8-9,13H,7H2,1-3H3. The molecule has 0 N–H and O–H groups in total. The number of esters is 1. The first-order valence-corrected chi connectivity index (χ1v) is 6.57. The predicted molar refractivity (Wildman–Crippen MR) is 76.6 cm³/mol. The average molecular weight is 307 g/mol. The maximum absolute atomic E-state index is 12.0. The molecule has 1 aromatic rings. The fraction of sp³-hybridized carbons (Fsp3) is 0.400. The molecule has 7 heteroatoms. The number of aldehydes is 1. The highest BCUT2D eigenvalue weighted by Gasteiger charge is 2.46. The molecule has 0 saturated heterocycles. The first-order chi connectivity index (χ1) is 10.6. The second kappa shape index (κ2) is 6.67. The molecule has 0 aromatic carbocycles. The summed E-state index contributed by atoms with van der Waals surface area (Å²) < 4.78 is 20.4. The summed E-state index contributed by atoms with van der Waals surface area (Å²) in [5.74, 6) is -1.75. The third-order valence-corrected chi connectivity index (χ3v) is 3.51. The van der Waals surface area contributed by atoms with E-state index in [9.17, 15) is 9.59 Å². The number of ether oxygens (including phenoxy) is 3. The number of carbonyl (C=O) groups excluding carboxylic acids is 2. The van der Waals surface area contributed by atoms with Crippen molar-refractivity contribution in [3.63, 3.8) is 0 Å².